The summed E-state index contributed by atoms with van der Waals surface area (Å²) >= 11 is 0. The van der Waals surface area contributed by atoms with E-state index < -0.39 is 17.5 Å². The van der Waals surface area contributed by atoms with Crippen LogP contribution in [0, 0.1) is 29.3 Å². The fraction of sp³-hybridized carbons (Fsp3) is 0.500. The van der Waals surface area contributed by atoms with Crippen LogP contribution in [-0.2, 0) is 11.2 Å². The van der Waals surface area contributed by atoms with Crippen molar-refractivity contribution in [1.29, 1.82) is 0 Å². The Morgan fingerprint density at radius 1 is 0.969 bits per heavy atom. The molecule has 4 unspecified atom stereocenters. The Kier molecular flexibility index (Phi) is 7.40. The van der Waals surface area contributed by atoms with Crippen molar-refractivity contribution in [2.24, 2.45) is 11.8 Å². The maximum absolute atomic E-state index is 15.2. The van der Waals surface area contributed by atoms with Crippen LogP contribution < -0.4 is 0 Å². The van der Waals surface area contributed by atoms with Crippen LogP contribution in [0.4, 0.5) is 13.2 Å². The van der Waals surface area contributed by atoms with E-state index in [2.05, 4.69) is 6.58 Å². The second-order valence-electron chi connectivity index (χ2n) is 9.38. The molecule has 2 aromatic carbocycles. The highest BCUT2D eigenvalue weighted by atomic mass is 19.2. The van der Waals surface area contributed by atoms with Gasteiger partial charge in [0.2, 0.25) is 0 Å². The summed E-state index contributed by atoms with van der Waals surface area (Å²) in [4.78, 5) is 0. The van der Waals surface area contributed by atoms with E-state index in [4.69, 9.17) is 4.74 Å². The number of ether oxygens (including phenoxy) is 1. The highest BCUT2D eigenvalue weighted by Crippen LogP contribution is 2.47. The lowest BCUT2D eigenvalue weighted by atomic mass is 9.65. The molecule has 2 saturated carbocycles. The van der Waals surface area contributed by atoms with Gasteiger partial charge in [0, 0.05) is 12.2 Å². The van der Waals surface area contributed by atoms with Gasteiger partial charge in [0.25, 0.3) is 0 Å². The molecule has 0 heterocycles. The van der Waals surface area contributed by atoms with Crippen LogP contribution in [-0.4, -0.2) is 12.7 Å². The minimum atomic E-state index is -0.872. The number of halogens is 3. The van der Waals surface area contributed by atoms with Gasteiger partial charge in [-0.3, -0.25) is 0 Å². The molecule has 0 radical (unpaired) electrons. The topological polar surface area (TPSA) is 9.23 Å². The first-order valence-electron chi connectivity index (χ1n) is 12.0. The van der Waals surface area contributed by atoms with E-state index in [0.29, 0.717) is 47.5 Å². The number of fused-ring (bicyclic) bond motifs is 1. The summed E-state index contributed by atoms with van der Waals surface area (Å²) in [7, 11) is 0. The maximum Gasteiger partial charge on any atom is 0.166 e. The molecule has 2 aromatic rings. The van der Waals surface area contributed by atoms with Crippen LogP contribution in [0.25, 0.3) is 11.1 Å². The molecule has 4 heteroatoms. The first-order chi connectivity index (χ1) is 15.5. The molecule has 0 amide bonds. The van der Waals surface area contributed by atoms with Crippen molar-refractivity contribution in [2.75, 3.05) is 6.61 Å². The lowest BCUT2D eigenvalue weighted by molar-refractivity contribution is -0.00970. The summed E-state index contributed by atoms with van der Waals surface area (Å²) in [5.74, 6) is -0.806. The zero-order chi connectivity index (χ0) is 22.7. The van der Waals surface area contributed by atoms with Crippen molar-refractivity contribution >= 4 is 0 Å². The number of hydrogen-bond acceptors (Lipinski definition) is 1. The second kappa shape index (κ2) is 10.2. The molecule has 2 fully saturated rings. The Morgan fingerprint density at radius 3 is 2.50 bits per heavy atom. The van der Waals surface area contributed by atoms with Crippen LogP contribution in [0.3, 0.4) is 0 Å². The summed E-state index contributed by atoms with van der Waals surface area (Å²) in [6, 6.07) is 7.95. The van der Waals surface area contributed by atoms with E-state index in [-0.39, 0.29) is 11.5 Å². The van der Waals surface area contributed by atoms with Gasteiger partial charge in [0.15, 0.2) is 11.6 Å². The van der Waals surface area contributed by atoms with E-state index in [0.717, 1.165) is 45.1 Å². The monoisotopic (exact) mass is 442 g/mol. The molecule has 4 atom stereocenters. The smallest absolute Gasteiger partial charge is 0.166 e. The zero-order valence-electron chi connectivity index (χ0n) is 18.9. The molecule has 172 valence electrons. The lowest BCUT2D eigenvalue weighted by Gasteiger charge is -2.42. The Hall–Kier alpha value is -2.07. The van der Waals surface area contributed by atoms with Gasteiger partial charge in [0.05, 0.1) is 6.10 Å². The van der Waals surface area contributed by atoms with E-state index in [1.165, 1.54) is 6.07 Å². The third kappa shape index (κ3) is 4.80. The molecule has 2 aliphatic carbocycles. The standard InChI is InChI=1S/C28H33F3O/c1-3-5-6-18-7-9-22(17-26(18)29)25-14-13-24(27(30)28(25)31)21-10-8-20-16-23(32-4-2)12-11-19(20)15-21/h3,7,9,13-14,17,19-21,23H,1,4-6,8,10-12,15-16H2,2H3. The number of aryl methyl sites for hydroxylation is 1. The fourth-order valence-electron chi connectivity index (χ4n) is 5.79. The lowest BCUT2D eigenvalue weighted by Crippen LogP contribution is -2.34. The molecule has 1 nitrogen and oxygen atoms in total. The molecule has 32 heavy (non-hydrogen) atoms. The third-order valence-corrected chi connectivity index (χ3v) is 7.50. The first-order valence-corrected chi connectivity index (χ1v) is 12.0. The average Bonchev–Trinajstić information content (AvgIpc) is 2.80. The van der Waals surface area contributed by atoms with Gasteiger partial charge in [-0.2, -0.15) is 0 Å². The molecule has 4 rings (SSSR count). The van der Waals surface area contributed by atoms with E-state index in [9.17, 15) is 4.39 Å². The first kappa shape index (κ1) is 23.1. The Labute approximate surface area is 189 Å². The van der Waals surface area contributed by atoms with Gasteiger partial charge in [-0.05, 0) is 98.8 Å². The Bertz CT molecular complexity index is 954. The molecule has 0 saturated heterocycles. The second-order valence-corrected chi connectivity index (χ2v) is 9.38. The third-order valence-electron chi connectivity index (χ3n) is 7.50. The Balaban J connectivity index is 1.50. The van der Waals surface area contributed by atoms with Crippen molar-refractivity contribution in [3.8, 4) is 11.1 Å². The fourth-order valence-corrected chi connectivity index (χ4v) is 5.79. The summed E-state index contributed by atoms with van der Waals surface area (Å²) in [5.41, 5.74) is 1.51. The molecule has 0 bridgehead atoms. The minimum Gasteiger partial charge on any atom is -0.378 e. The van der Waals surface area contributed by atoms with Gasteiger partial charge in [0.1, 0.15) is 5.82 Å². The van der Waals surface area contributed by atoms with E-state index >= 15 is 8.78 Å². The predicted octanol–water partition coefficient (Wildman–Crippen LogP) is 7.98. The zero-order valence-corrected chi connectivity index (χ0v) is 18.9. The van der Waals surface area contributed by atoms with Gasteiger partial charge in [-0.15, -0.1) is 6.58 Å². The summed E-state index contributed by atoms with van der Waals surface area (Å²) < 4.78 is 50.5. The molecule has 2 aliphatic rings. The molecular formula is C28H33F3O. The highest BCUT2D eigenvalue weighted by Gasteiger charge is 2.37. The van der Waals surface area contributed by atoms with Crippen molar-refractivity contribution < 1.29 is 17.9 Å². The molecule has 0 aromatic heterocycles. The van der Waals surface area contributed by atoms with Crippen LogP contribution in [0.2, 0.25) is 0 Å². The number of hydrogen-bond donors (Lipinski definition) is 0. The Morgan fingerprint density at radius 2 is 1.75 bits per heavy atom. The molecular weight excluding hydrogens is 409 g/mol. The van der Waals surface area contributed by atoms with Crippen molar-refractivity contribution in [3.05, 3.63) is 71.6 Å². The van der Waals surface area contributed by atoms with Crippen molar-refractivity contribution in [3.63, 3.8) is 0 Å². The predicted molar refractivity (Wildman–Crippen MR) is 123 cm³/mol. The van der Waals surface area contributed by atoms with Crippen LogP contribution in [0.15, 0.2) is 43.0 Å². The normalized spacial score (nSPS) is 25.4. The van der Waals surface area contributed by atoms with Gasteiger partial charge < -0.3 is 4.74 Å². The summed E-state index contributed by atoms with van der Waals surface area (Å²) in [5, 5.41) is 0. The number of rotatable bonds is 7. The highest BCUT2D eigenvalue weighted by molar-refractivity contribution is 5.65. The SMILES string of the molecule is C=CCCc1ccc(-c2ccc(C3CCC4CC(OCC)CCC4C3)c(F)c2F)cc1F. The quantitative estimate of drug-likeness (QED) is 0.395. The van der Waals surface area contributed by atoms with E-state index in [1.54, 1.807) is 30.3 Å². The minimum absolute atomic E-state index is 0.0430. The number of benzene rings is 2. The molecule has 0 spiro atoms. The average molecular weight is 443 g/mol. The van der Waals surface area contributed by atoms with Gasteiger partial charge in [-0.1, -0.05) is 30.3 Å². The summed E-state index contributed by atoms with van der Waals surface area (Å²) in [6.07, 6.45) is 9.39. The van der Waals surface area contributed by atoms with Crippen LogP contribution in [0.5, 0.6) is 0 Å². The van der Waals surface area contributed by atoms with E-state index in [1.807, 2.05) is 6.92 Å². The molecule has 0 aliphatic heterocycles. The van der Waals surface area contributed by atoms with Gasteiger partial charge in [-0.25, -0.2) is 13.2 Å². The number of allylic oxidation sites excluding steroid dienone is 1. The van der Waals surface area contributed by atoms with Crippen molar-refractivity contribution in [2.45, 2.75) is 70.3 Å². The maximum atomic E-state index is 15.2. The van der Waals surface area contributed by atoms with Gasteiger partial charge >= 0.3 is 0 Å². The summed E-state index contributed by atoms with van der Waals surface area (Å²) in [6.45, 7) is 6.44. The van der Waals surface area contributed by atoms with Crippen molar-refractivity contribution in [1.82, 2.24) is 0 Å². The largest absolute Gasteiger partial charge is 0.378 e. The van der Waals surface area contributed by atoms with Crippen LogP contribution in [0.1, 0.15) is 68.9 Å². The van der Waals surface area contributed by atoms with Crippen LogP contribution >= 0.6 is 0 Å². The molecule has 0 N–H and O–H groups in total.